The maximum absolute atomic E-state index is 14.3. The molecule has 5 rings (SSSR count). The van der Waals surface area contributed by atoms with Gasteiger partial charge in [-0.3, -0.25) is 4.79 Å². The molecule has 2 aliphatic rings. The minimum absolute atomic E-state index is 0.0224. The van der Waals surface area contributed by atoms with Crippen LogP contribution in [0.15, 0.2) is 84.4 Å². The minimum atomic E-state index is -0.609. The number of carbonyl (C=O) groups excluding carboxylic acids is 2. The van der Waals surface area contributed by atoms with E-state index in [9.17, 15) is 9.59 Å². The van der Waals surface area contributed by atoms with Gasteiger partial charge in [-0.05, 0) is 86.1 Å². The van der Waals surface area contributed by atoms with Crippen LogP contribution in [0.2, 0.25) is 5.02 Å². The second-order valence-corrected chi connectivity index (χ2v) is 11.8. The second-order valence-electron chi connectivity index (χ2n) is 11.3. The molecule has 1 heterocycles. The Morgan fingerprint density at radius 1 is 0.923 bits per heavy atom. The molecule has 0 N–H and O–H groups in total. The predicted octanol–water partition coefficient (Wildman–Crippen LogP) is 7.59. The third kappa shape index (κ3) is 6.72. The van der Waals surface area contributed by atoms with E-state index in [1.807, 2.05) is 74.2 Å². The van der Waals surface area contributed by atoms with Crippen molar-refractivity contribution in [2.45, 2.75) is 58.2 Å². The van der Waals surface area contributed by atoms with Gasteiger partial charge < -0.3 is 14.5 Å². The van der Waals surface area contributed by atoms with Crippen molar-refractivity contribution >= 4 is 29.2 Å². The number of benzene rings is 3. The van der Waals surface area contributed by atoms with Crippen LogP contribution in [0.1, 0.15) is 51.2 Å². The molecule has 0 aromatic heterocycles. The average molecular weight is 543 g/mol. The Hall–Kier alpha value is -3.57. The van der Waals surface area contributed by atoms with Crippen LogP contribution in [0.4, 0.5) is 4.79 Å². The number of rotatable bonds is 6. The van der Waals surface area contributed by atoms with Gasteiger partial charge in [0.25, 0.3) is 5.91 Å². The fraction of sp³-hybridized carbons (Fsp3) is 0.333. The molecule has 5 nitrogen and oxygen atoms in total. The molecule has 2 amide bonds. The van der Waals surface area contributed by atoms with E-state index in [1.165, 1.54) is 0 Å². The molecule has 1 aliphatic carbocycles. The number of halogens is 1. The number of nitrogens with zero attached hydrogens (tertiary/aromatic N) is 2. The van der Waals surface area contributed by atoms with Crippen molar-refractivity contribution in [3.05, 3.63) is 101 Å². The van der Waals surface area contributed by atoms with Crippen molar-refractivity contribution in [1.29, 1.82) is 0 Å². The smallest absolute Gasteiger partial charge is 0.410 e. The van der Waals surface area contributed by atoms with E-state index in [4.69, 9.17) is 16.3 Å². The quantitative estimate of drug-likeness (QED) is 0.322. The molecule has 3 aromatic carbocycles. The van der Waals surface area contributed by atoms with Gasteiger partial charge >= 0.3 is 6.09 Å². The first kappa shape index (κ1) is 27.0. The molecule has 0 radical (unpaired) electrons. The summed E-state index contributed by atoms with van der Waals surface area (Å²) in [5.74, 6) is -0.0224. The van der Waals surface area contributed by atoms with Crippen LogP contribution < -0.4 is 0 Å². The highest BCUT2D eigenvalue weighted by Gasteiger charge is 2.37. The molecule has 0 saturated heterocycles. The van der Waals surface area contributed by atoms with E-state index in [0.29, 0.717) is 30.1 Å². The SMILES string of the molecule is CC(C)(C)OC(=O)N1CCC(c2cccc(-c3ccccc3)c2)=C(C(=O)N(Cc2cccc(Cl)c2)C2CC2)C1. The lowest BCUT2D eigenvalue weighted by Gasteiger charge is -2.34. The van der Waals surface area contributed by atoms with Gasteiger partial charge in [-0.25, -0.2) is 4.79 Å². The number of hydrogen-bond donors (Lipinski definition) is 0. The van der Waals surface area contributed by atoms with Crippen LogP contribution in [0.5, 0.6) is 0 Å². The third-order valence-corrected chi connectivity index (χ3v) is 7.30. The summed E-state index contributed by atoms with van der Waals surface area (Å²) in [5.41, 5.74) is 5.28. The summed E-state index contributed by atoms with van der Waals surface area (Å²) in [6.45, 7) is 6.77. The first-order chi connectivity index (χ1) is 18.7. The average Bonchev–Trinajstić information content (AvgIpc) is 3.76. The highest BCUT2D eigenvalue weighted by atomic mass is 35.5. The molecule has 202 valence electrons. The van der Waals surface area contributed by atoms with Crippen molar-refractivity contribution in [2.24, 2.45) is 0 Å². The van der Waals surface area contributed by atoms with Gasteiger partial charge in [0.1, 0.15) is 5.60 Å². The van der Waals surface area contributed by atoms with Crippen molar-refractivity contribution in [3.63, 3.8) is 0 Å². The molecule has 1 saturated carbocycles. The van der Waals surface area contributed by atoms with E-state index in [2.05, 4.69) is 30.3 Å². The highest BCUT2D eigenvalue weighted by molar-refractivity contribution is 6.30. The van der Waals surface area contributed by atoms with Crippen LogP contribution in [0.3, 0.4) is 0 Å². The summed E-state index contributed by atoms with van der Waals surface area (Å²) >= 11 is 6.26. The summed E-state index contributed by atoms with van der Waals surface area (Å²) in [4.78, 5) is 31.0. The Morgan fingerprint density at radius 2 is 1.62 bits per heavy atom. The van der Waals surface area contributed by atoms with Gasteiger partial charge in [-0.15, -0.1) is 0 Å². The van der Waals surface area contributed by atoms with Crippen LogP contribution in [0, 0.1) is 0 Å². The number of carbonyl (C=O) groups is 2. The molecule has 1 fully saturated rings. The van der Waals surface area contributed by atoms with Crippen molar-refractivity contribution < 1.29 is 14.3 Å². The normalized spacial score (nSPS) is 15.7. The Labute approximate surface area is 236 Å². The van der Waals surface area contributed by atoms with Gasteiger partial charge in [0.05, 0.1) is 6.54 Å². The Kier molecular flexibility index (Phi) is 7.81. The second kappa shape index (κ2) is 11.3. The monoisotopic (exact) mass is 542 g/mol. The van der Waals surface area contributed by atoms with E-state index < -0.39 is 11.7 Å². The van der Waals surface area contributed by atoms with Crippen molar-refractivity contribution in [1.82, 2.24) is 9.80 Å². The topological polar surface area (TPSA) is 49.9 Å². The Bertz CT molecular complexity index is 1390. The van der Waals surface area contributed by atoms with Gasteiger partial charge in [0.2, 0.25) is 0 Å². The molecule has 0 bridgehead atoms. The summed E-state index contributed by atoms with van der Waals surface area (Å²) in [5, 5.41) is 0.655. The summed E-state index contributed by atoms with van der Waals surface area (Å²) in [6.07, 6.45) is 2.15. The summed E-state index contributed by atoms with van der Waals surface area (Å²) < 4.78 is 5.68. The number of amides is 2. The Morgan fingerprint density at radius 3 is 2.31 bits per heavy atom. The molecular weight excluding hydrogens is 508 g/mol. The minimum Gasteiger partial charge on any atom is -0.444 e. The number of ether oxygens (including phenoxy) is 1. The Balaban J connectivity index is 1.52. The van der Waals surface area contributed by atoms with Crippen LogP contribution in [0.25, 0.3) is 16.7 Å². The molecule has 1 aliphatic heterocycles. The molecular formula is C33H35ClN2O3. The molecule has 3 aromatic rings. The van der Waals surface area contributed by atoms with E-state index >= 15 is 0 Å². The first-order valence-corrected chi connectivity index (χ1v) is 14.0. The highest BCUT2D eigenvalue weighted by Crippen LogP contribution is 2.35. The maximum Gasteiger partial charge on any atom is 0.410 e. The van der Waals surface area contributed by atoms with Crippen LogP contribution in [-0.2, 0) is 16.1 Å². The summed E-state index contributed by atoms with van der Waals surface area (Å²) in [7, 11) is 0. The van der Waals surface area contributed by atoms with E-state index in [1.54, 1.807) is 4.90 Å². The van der Waals surface area contributed by atoms with Gasteiger partial charge in [0, 0.05) is 29.7 Å². The molecule has 0 spiro atoms. The van der Waals surface area contributed by atoms with Crippen molar-refractivity contribution in [2.75, 3.05) is 13.1 Å². The lowest BCUT2D eigenvalue weighted by Crippen LogP contribution is -2.44. The zero-order chi connectivity index (χ0) is 27.6. The lowest BCUT2D eigenvalue weighted by atomic mass is 9.90. The fourth-order valence-electron chi connectivity index (χ4n) is 5.04. The van der Waals surface area contributed by atoms with Crippen LogP contribution >= 0.6 is 11.6 Å². The zero-order valence-corrected chi connectivity index (χ0v) is 23.6. The first-order valence-electron chi connectivity index (χ1n) is 13.6. The molecule has 39 heavy (non-hydrogen) atoms. The molecule has 0 unspecified atom stereocenters. The van der Waals surface area contributed by atoms with Gasteiger partial charge in [0.15, 0.2) is 0 Å². The standard InChI is InChI=1S/C33H35ClN2O3/c1-33(2,3)39-32(38)35-18-17-29(26-13-8-12-25(20-26)24-10-5-4-6-11-24)30(22-35)31(37)36(28-15-16-28)21-23-9-7-14-27(34)19-23/h4-14,19-20,28H,15-18,21-22H2,1-3H3. The summed E-state index contributed by atoms with van der Waals surface area (Å²) in [6, 6.07) is 26.4. The predicted molar refractivity (Wildman–Crippen MR) is 156 cm³/mol. The third-order valence-electron chi connectivity index (χ3n) is 7.06. The maximum atomic E-state index is 14.3. The molecule has 0 atom stereocenters. The number of hydrogen-bond acceptors (Lipinski definition) is 3. The largest absolute Gasteiger partial charge is 0.444 e. The lowest BCUT2D eigenvalue weighted by molar-refractivity contribution is -0.128. The molecule has 6 heteroatoms. The van der Waals surface area contributed by atoms with E-state index in [0.717, 1.165) is 40.7 Å². The van der Waals surface area contributed by atoms with E-state index in [-0.39, 0.29) is 18.5 Å². The van der Waals surface area contributed by atoms with Gasteiger partial charge in [-0.1, -0.05) is 72.3 Å². The fourth-order valence-corrected chi connectivity index (χ4v) is 5.25. The van der Waals surface area contributed by atoms with Crippen molar-refractivity contribution in [3.8, 4) is 11.1 Å². The van der Waals surface area contributed by atoms with Gasteiger partial charge in [-0.2, -0.15) is 0 Å². The van der Waals surface area contributed by atoms with Crippen LogP contribution in [-0.4, -0.2) is 46.5 Å². The zero-order valence-electron chi connectivity index (χ0n) is 22.8.